The molecule has 3 saturated heterocycles. The van der Waals surface area contributed by atoms with E-state index < -0.39 is 254 Å². The maximum Gasteiger partial charge on any atom is 0.249 e. The number of nitrogens with one attached hydrogen (secondary N) is 8. The van der Waals surface area contributed by atoms with Crippen molar-refractivity contribution in [2.45, 2.75) is 175 Å². The van der Waals surface area contributed by atoms with Gasteiger partial charge < -0.3 is 147 Å². The number of carbonyl (C=O) groups excluding carboxylic acids is 8. The summed E-state index contributed by atoms with van der Waals surface area (Å²) in [6.07, 6.45) is -15.2. The molecule has 0 unspecified atom stereocenters. The van der Waals surface area contributed by atoms with Crippen LogP contribution in [0.3, 0.4) is 0 Å². The lowest BCUT2D eigenvalue weighted by Crippen LogP contribution is -2.65. The monoisotopic (exact) mass is 1780 g/mol. The molecule has 7 aromatic carbocycles. The number of phenols is 4. The highest BCUT2D eigenvalue weighted by molar-refractivity contribution is 6.33. The van der Waals surface area contributed by atoms with Crippen LogP contribution in [0, 0.1) is 5.92 Å². The molecule has 0 aliphatic carbocycles. The molecule has 8 amide bonds. The number of fused-ring (bicyclic) bond motifs is 14. The van der Waals surface area contributed by atoms with Gasteiger partial charge in [-0.05, 0) is 133 Å². The van der Waals surface area contributed by atoms with E-state index in [9.17, 15) is 70.9 Å². The number of piperazine rings is 1. The lowest BCUT2D eigenvalue weighted by molar-refractivity contribution is -0.277. The van der Waals surface area contributed by atoms with Gasteiger partial charge in [-0.15, -0.1) is 0 Å². The van der Waals surface area contributed by atoms with E-state index in [0.717, 1.165) is 86.3 Å². The Labute approximate surface area is 730 Å². The smallest absolute Gasteiger partial charge is 0.249 e. The van der Waals surface area contributed by atoms with Gasteiger partial charge in [0.15, 0.2) is 23.0 Å². The molecule has 126 heavy (non-hydrogen) atoms. The minimum atomic E-state index is -2.40. The number of nitrogens with zero attached hydrogens (tertiary/aromatic N) is 2. The summed E-state index contributed by atoms with van der Waals surface area (Å²) in [6, 6.07) is 6.83. The second-order valence-electron chi connectivity index (χ2n) is 32.5. The molecule has 672 valence electrons. The first-order valence-corrected chi connectivity index (χ1v) is 41.9. The Morgan fingerprint density at radius 2 is 1.16 bits per heavy atom. The van der Waals surface area contributed by atoms with Crippen molar-refractivity contribution in [3.05, 3.63) is 164 Å². The number of ether oxygens (including phenoxy) is 7. The maximum absolute atomic E-state index is 16.8. The third-order valence-corrected chi connectivity index (χ3v) is 23.9. The molecule has 0 aromatic heterocycles. The number of amides is 8. The van der Waals surface area contributed by atoms with Crippen molar-refractivity contribution in [2.24, 2.45) is 5.92 Å². The SMILES string of the molecule is CN[C@H]1C(=O)N[C@@H]2Cc3ccc(cc3)Oc3cc4cc(c3O[C@@H]3O[C@H](CO)[C@@H](O)[C@H](O)[C@H]3NC(=O)CCCCCCCC(C)C)Oc3ccc(cc3Cl)[C@@H](O)[C@@H]3NC(=O)[C@H](NC(=O)[C@@H]4NC(=O)[C@@H](NC2=O)c2cc(cc(O)c2Cl)Oc2cc1ccc2O)c1ccc(O)c(c1)-c1c(O[C@H]2O[C@H](CO)[C@@H](O)[C@H](O)[C@@H]2O)cc(O)cc1[C@H](C(=O)N1CCN(C)CC1)NC3=O. The molecule has 3 fully saturated rings. The normalized spacial score (nSPS) is 27.0. The predicted molar refractivity (Wildman–Crippen MR) is 445 cm³/mol. The Morgan fingerprint density at radius 3 is 1.86 bits per heavy atom. The highest BCUT2D eigenvalue weighted by Crippen LogP contribution is 2.51. The number of carbonyl (C=O) groups is 8. The summed E-state index contributed by atoms with van der Waals surface area (Å²) in [5.74, 6) is -14.6. The third-order valence-electron chi connectivity index (χ3n) is 23.2. The number of aromatic hydroxyl groups is 4. The Morgan fingerprint density at radius 1 is 0.540 bits per heavy atom. The van der Waals surface area contributed by atoms with Gasteiger partial charge in [-0.25, -0.2) is 0 Å². The minimum Gasteiger partial charge on any atom is -0.508 e. The van der Waals surface area contributed by atoms with Gasteiger partial charge in [-0.1, -0.05) is 99.5 Å². The number of hydrogen-bond acceptors (Lipinski definition) is 29. The minimum absolute atomic E-state index is 0.0280. The molecule has 9 heterocycles. The molecule has 18 atom stereocenters. The van der Waals surface area contributed by atoms with E-state index in [-0.39, 0.29) is 65.6 Å². The first kappa shape index (κ1) is 90.8. The van der Waals surface area contributed by atoms with E-state index in [0.29, 0.717) is 37.4 Å². The lowest BCUT2D eigenvalue weighted by atomic mass is 9.89. The number of phenolic OH excluding ortho intramolecular Hbond substituents is 4. The van der Waals surface area contributed by atoms with E-state index in [4.69, 9.17) is 56.4 Å². The van der Waals surface area contributed by atoms with E-state index in [2.05, 4.69) is 56.4 Å². The van der Waals surface area contributed by atoms with Crippen LogP contribution in [0.15, 0.2) is 115 Å². The van der Waals surface area contributed by atoms with Crippen molar-refractivity contribution < 1.29 is 133 Å². The van der Waals surface area contributed by atoms with Crippen LogP contribution >= 0.6 is 23.2 Å². The van der Waals surface area contributed by atoms with Gasteiger partial charge >= 0.3 is 0 Å². The van der Waals surface area contributed by atoms with Gasteiger partial charge in [0.2, 0.25) is 65.6 Å². The van der Waals surface area contributed by atoms with Gasteiger partial charge in [-0.3, -0.25) is 38.4 Å². The van der Waals surface area contributed by atoms with Crippen LogP contribution in [0.2, 0.25) is 10.0 Å². The van der Waals surface area contributed by atoms with Crippen LogP contribution in [0.5, 0.6) is 69.0 Å². The lowest BCUT2D eigenvalue weighted by Gasteiger charge is -2.42. The number of aliphatic hydroxyl groups excluding tert-OH is 8. The number of halogens is 2. The van der Waals surface area contributed by atoms with Gasteiger partial charge in [0.1, 0.15) is 137 Å². The molecule has 9 aliphatic rings. The van der Waals surface area contributed by atoms with Crippen LogP contribution in [0.25, 0.3) is 11.1 Å². The molecule has 16 rings (SSSR count). The summed E-state index contributed by atoms with van der Waals surface area (Å²) < 4.78 is 45.0. The molecule has 0 radical (unpaired) electrons. The molecule has 17 bridgehead atoms. The van der Waals surface area contributed by atoms with Crippen molar-refractivity contribution in [2.75, 3.05) is 53.5 Å². The Balaban J connectivity index is 0.994. The maximum atomic E-state index is 16.8. The van der Waals surface area contributed by atoms with Crippen LogP contribution in [0.1, 0.15) is 134 Å². The zero-order valence-corrected chi connectivity index (χ0v) is 70.0. The van der Waals surface area contributed by atoms with Gasteiger partial charge in [-0.2, -0.15) is 0 Å². The molecule has 39 heteroatoms. The first-order valence-electron chi connectivity index (χ1n) is 41.1. The average molecular weight is 1790 g/mol. The highest BCUT2D eigenvalue weighted by Gasteiger charge is 2.50. The summed E-state index contributed by atoms with van der Waals surface area (Å²) in [5, 5.41) is 159. The van der Waals surface area contributed by atoms with Crippen LogP contribution < -0.4 is 66.2 Å². The number of hydrogen-bond donors (Lipinski definition) is 20. The van der Waals surface area contributed by atoms with Crippen molar-refractivity contribution >= 4 is 70.5 Å². The third kappa shape index (κ3) is 19.6. The van der Waals surface area contributed by atoms with Crippen LogP contribution in [0.4, 0.5) is 0 Å². The average Bonchev–Trinajstić information content (AvgIpc) is 0.756. The molecule has 0 spiro atoms. The summed E-state index contributed by atoms with van der Waals surface area (Å²) in [4.78, 5) is 129. The highest BCUT2D eigenvalue weighted by atomic mass is 35.5. The first-order chi connectivity index (χ1) is 60.3. The Bertz CT molecular complexity index is 5280. The second-order valence-corrected chi connectivity index (χ2v) is 33.3. The standard InChI is InChI=1S/C87H98Cl2N10O27/c1-38(2)10-8-6-5-7-9-11-62(106)92-71-75(110)73(108)60(36-100)124-86(71)126-78-58-30-43-31-59(78)122-55-21-16-42(28-50(55)88)72(107)70-84(118)96-69(85(119)99-24-22-98(4)23-25-99)48-32-44(102)33-57(123-87-77(112)76(111)74(109)61(37-101)125-87)63(48)47-27-40(14-19-52(47)103)66(81(115)97-70)93-82(116)67(43)94-83(117)68-49-34-46(35-54(105)64(49)89)121-56-29-41(15-20-53(56)104)65(90-3)80(114)91-51(79(113)95-68)26-39-12-17-45(120-58)18-13-39/h12-21,27-35,38,51,60-61,65-77,86-87,90,100-105,107-112H,5-11,22-26,36-37H2,1-4H3,(H,91,114)(H,92,106)(H,93,116)(H,94,117)(H,95,113)(H,96,118)(H,97,115)/t51-,60-,61-,65-,66-,67-,68+,69-,70+,71-,72-,73-,74-,75-,76+,77+,86+,87+/m1/s1. The number of unbranched alkanes of at least 4 members (excludes halogenated alkanes) is 4. The van der Waals surface area contributed by atoms with E-state index >= 15 is 28.8 Å². The van der Waals surface area contributed by atoms with Crippen LogP contribution in [-0.2, 0) is 54.3 Å². The fraction of sp³-hybridized carbons (Fsp3) is 0.425. The summed E-state index contributed by atoms with van der Waals surface area (Å²) in [5.41, 5.74) is -2.32. The van der Waals surface area contributed by atoms with Crippen molar-refractivity contribution in [3.63, 3.8) is 0 Å². The van der Waals surface area contributed by atoms with E-state index in [1.165, 1.54) is 66.5 Å². The molecular formula is C87H98Cl2N10O27. The van der Waals surface area contributed by atoms with Crippen molar-refractivity contribution in [1.29, 1.82) is 0 Å². The van der Waals surface area contributed by atoms with Gasteiger partial charge in [0.05, 0.1) is 23.3 Å². The van der Waals surface area contributed by atoms with E-state index in [1.807, 2.05) is 4.90 Å². The van der Waals surface area contributed by atoms with Gasteiger partial charge in [0.25, 0.3) is 0 Å². The fourth-order valence-electron chi connectivity index (χ4n) is 16.2. The van der Waals surface area contributed by atoms with E-state index in [1.54, 1.807) is 7.05 Å². The Kier molecular flexibility index (Phi) is 28.0. The fourth-order valence-corrected chi connectivity index (χ4v) is 16.7. The molecule has 9 aliphatic heterocycles. The van der Waals surface area contributed by atoms with Crippen LogP contribution in [-0.4, -0.2) is 245 Å². The quantitative estimate of drug-likeness (QED) is 0.0581. The summed E-state index contributed by atoms with van der Waals surface area (Å²) in [6.45, 7) is 3.00. The van der Waals surface area contributed by atoms with Crippen molar-refractivity contribution in [1.82, 2.24) is 52.3 Å². The predicted octanol–water partition coefficient (Wildman–Crippen LogP) is 3.39. The molecular weight excluding hydrogens is 1690 g/mol. The van der Waals surface area contributed by atoms with Gasteiger partial charge in [0, 0.05) is 67.8 Å². The molecule has 0 saturated carbocycles. The number of aliphatic hydroxyl groups is 8. The summed E-state index contributed by atoms with van der Waals surface area (Å²) in [7, 11) is 3.24. The Hall–Kier alpha value is -11.4. The number of benzene rings is 7. The topological polar surface area (TPSA) is 547 Å². The molecule has 37 nitrogen and oxygen atoms in total. The second kappa shape index (κ2) is 38.8. The molecule has 20 N–H and O–H groups in total. The largest absolute Gasteiger partial charge is 0.508 e. The number of likely N-dealkylation sites (N-methyl/N-ethyl adjacent to an activating group) is 2. The zero-order chi connectivity index (χ0) is 90.0. The molecule has 7 aromatic rings. The number of rotatable bonds is 17. The van der Waals surface area contributed by atoms with Crippen molar-refractivity contribution in [3.8, 4) is 80.1 Å². The zero-order valence-electron chi connectivity index (χ0n) is 68.5. The summed E-state index contributed by atoms with van der Waals surface area (Å²) >= 11 is 14.4.